The van der Waals surface area contributed by atoms with E-state index in [-0.39, 0.29) is 17.5 Å². The second-order valence-corrected chi connectivity index (χ2v) is 9.57. The number of fused-ring (bicyclic) bond motifs is 5. The molecule has 0 N–H and O–H groups in total. The molecule has 0 radical (unpaired) electrons. The van der Waals surface area contributed by atoms with Crippen molar-refractivity contribution < 1.29 is 9.53 Å². The molecular weight excluding hydrogens is 272 g/mol. The second-order valence-electron chi connectivity index (χ2n) is 9.57. The SMILES string of the molecule is CC1(C)CCC[C@]2(C)[C@H]3CCC4=CC(=O)O[C@H]4[C@]3(C)CC[C@@H]12. The summed E-state index contributed by atoms with van der Waals surface area (Å²) < 4.78 is 5.78. The molecule has 3 saturated carbocycles. The van der Waals surface area contributed by atoms with Crippen LogP contribution in [-0.2, 0) is 9.53 Å². The van der Waals surface area contributed by atoms with Crippen LogP contribution in [0.2, 0.25) is 0 Å². The minimum atomic E-state index is -0.0990. The first kappa shape index (κ1) is 14.8. The molecule has 2 heteroatoms. The third kappa shape index (κ3) is 1.76. The average Bonchev–Trinajstić information content (AvgIpc) is 2.79. The van der Waals surface area contributed by atoms with Crippen molar-refractivity contribution in [2.45, 2.75) is 78.7 Å². The molecule has 22 heavy (non-hydrogen) atoms. The Bertz CT molecular complexity index is 546. The van der Waals surface area contributed by atoms with Crippen LogP contribution >= 0.6 is 0 Å². The summed E-state index contributed by atoms with van der Waals surface area (Å²) in [6.07, 6.45) is 10.8. The fraction of sp³-hybridized carbons (Fsp3) is 0.850. The van der Waals surface area contributed by atoms with Gasteiger partial charge in [-0.2, -0.15) is 0 Å². The van der Waals surface area contributed by atoms with Gasteiger partial charge in [-0.1, -0.05) is 34.1 Å². The van der Waals surface area contributed by atoms with E-state index in [1.54, 1.807) is 6.08 Å². The molecule has 122 valence electrons. The van der Waals surface area contributed by atoms with Crippen LogP contribution in [0.4, 0.5) is 0 Å². The minimum absolute atomic E-state index is 0.0709. The lowest BCUT2D eigenvalue weighted by atomic mass is 9.40. The zero-order valence-electron chi connectivity index (χ0n) is 14.6. The summed E-state index contributed by atoms with van der Waals surface area (Å²) in [5.41, 5.74) is 2.34. The number of hydrogen-bond acceptors (Lipinski definition) is 2. The summed E-state index contributed by atoms with van der Waals surface area (Å²) in [6, 6.07) is 0. The van der Waals surface area contributed by atoms with Crippen molar-refractivity contribution in [3.05, 3.63) is 11.6 Å². The number of carbonyl (C=O) groups is 1. The zero-order valence-corrected chi connectivity index (χ0v) is 14.6. The van der Waals surface area contributed by atoms with Crippen LogP contribution in [0, 0.1) is 28.1 Å². The van der Waals surface area contributed by atoms with Crippen molar-refractivity contribution in [2.24, 2.45) is 28.1 Å². The maximum atomic E-state index is 11.8. The third-order valence-corrected chi connectivity index (χ3v) is 8.03. The van der Waals surface area contributed by atoms with Gasteiger partial charge in [-0.05, 0) is 66.8 Å². The first-order chi connectivity index (χ1) is 10.3. The van der Waals surface area contributed by atoms with E-state index in [1.165, 1.54) is 44.1 Å². The lowest BCUT2D eigenvalue weighted by molar-refractivity contribution is -0.180. The molecule has 0 bridgehead atoms. The molecular formula is C20H30O2. The Morgan fingerprint density at radius 3 is 2.55 bits per heavy atom. The van der Waals surface area contributed by atoms with Gasteiger partial charge in [0, 0.05) is 11.5 Å². The maximum Gasteiger partial charge on any atom is 0.331 e. The van der Waals surface area contributed by atoms with Crippen LogP contribution in [0.5, 0.6) is 0 Å². The van der Waals surface area contributed by atoms with Gasteiger partial charge in [0.15, 0.2) is 0 Å². The normalized spacial score (nSPS) is 49.5. The van der Waals surface area contributed by atoms with Crippen LogP contribution in [0.1, 0.15) is 72.6 Å². The molecule has 3 aliphatic carbocycles. The van der Waals surface area contributed by atoms with E-state index >= 15 is 0 Å². The van der Waals surface area contributed by atoms with Gasteiger partial charge in [0.1, 0.15) is 6.10 Å². The molecule has 0 unspecified atom stereocenters. The van der Waals surface area contributed by atoms with Crippen LogP contribution < -0.4 is 0 Å². The predicted molar refractivity (Wildman–Crippen MR) is 87.3 cm³/mol. The van der Waals surface area contributed by atoms with Gasteiger partial charge < -0.3 is 4.74 Å². The molecule has 5 atom stereocenters. The number of esters is 1. The quantitative estimate of drug-likeness (QED) is 0.596. The van der Waals surface area contributed by atoms with Crippen molar-refractivity contribution in [1.29, 1.82) is 0 Å². The molecule has 0 aromatic rings. The molecule has 4 aliphatic rings. The maximum absolute atomic E-state index is 11.8. The Balaban J connectivity index is 1.74. The van der Waals surface area contributed by atoms with E-state index in [1.807, 2.05) is 0 Å². The van der Waals surface area contributed by atoms with E-state index in [9.17, 15) is 4.79 Å². The van der Waals surface area contributed by atoms with Crippen molar-refractivity contribution >= 4 is 5.97 Å². The van der Waals surface area contributed by atoms with Gasteiger partial charge in [-0.15, -0.1) is 0 Å². The van der Waals surface area contributed by atoms with Gasteiger partial charge in [-0.3, -0.25) is 0 Å². The molecule has 3 fully saturated rings. The number of rotatable bonds is 0. The van der Waals surface area contributed by atoms with Gasteiger partial charge in [0.2, 0.25) is 0 Å². The highest BCUT2D eigenvalue weighted by atomic mass is 16.5. The van der Waals surface area contributed by atoms with Crippen molar-refractivity contribution in [1.82, 2.24) is 0 Å². The van der Waals surface area contributed by atoms with Crippen LogP contribution in [0.25, 0.3) is 0 Å². The summed E-state index contributed by atoms with van der Waals surface area (Å²) >= 11 is 0. The molecule has 0 spiro atoms. The van der Waals surface area contributed by atoms with E-state index in [2.05, 4.69) is 27.7 Å². The second kappa shape index (κ2) is 4.39. The Kier molecular flexibility index (Phi) is 2.95. The number of carbonyl (C=O) groups excluding carboxylic acids is 1. The molecule has 1 heterocycles. The molecule has 0 saturated heterocycles. The Labute approximate surface area is 134 Å². The monoisotopic (exact) mass is 302 g/mol. The van der Waals surface area contributed by atoms with Gasteiger partial charge in [-0.25, -0.2) is 4.79 Å². The summed E-state index contributed by atoms with van der Waals surface area (Å²) in [5.74, 6) is 1.43. The van der Waals surface area contributed by atoms with E-state index in [4.69, 9.17) is 4.74 Å². The third-order valence-electron chi connectivity index (χ3n) is 8.03. The topological polar surface area (TPSA) is 26.3 Å². The van der Waals surface area contributed by atoms with Crippen molar-refractivity contribution in [3.63, 3.8) is 0 Å². The largest absolute Gasteiger partial charge is 0.454 e. The smallest absolute Gasteiger partial charge is 0.331 e. The zero-order chi connectivity index (χ0) is 15.8. The van der Waals surface area contributed by atoms with Crippen molar-refractivity contribution in [2.75, 3.05) is 0 Å². The van der Waals surface area contributed by atoms with E-state index in [0.29, 0.717) is 16.7 Å². The molecule has 0 aromatic heterocycles. The Morgan fingerprint density at radius 2 is 1.77 bits per heavy atom. The molecule has 0 aromatic carbocycles. The number of hydrogen-bond donors (Lipinski definition) is 0. The minimum Gasteiger partial charge on any atom is -0.454 e. The lowest BCUT2D eigenvalue weighted by Gasteiger charge is -2.65. The Morgan fingerprint density at radius 1 is 1.00 bits per heavy atom. The molecule has 2 nitrogen and oxygen atoms in total. The van der Waals surface area contributed by atoms with Gasteiger partial charge >= 0.3 is 5.97 Å². The van der Waals surface area contributed by atoms with Gasteiger partial charge in [0.25, 0.3) is 0 Å². The van der Waals surface area contributed by atoms with E-state index in [0.717, 1.165) is 12.3 Å². The van der Waals surface area contributed by atoms with Crippen LogP contribution in [0.3, 0.4) is 0 Å². The molecule has 1 aliphatic heterocycles. The summed E-state index contributed by atoms with van der Waals surface area (Å²) in [5, 5.41) is 0. The summed E-state index contributed by atoms with van der Waals surface area (Å²) in [6.45, 7) is 9.95. The van der Waals surface area contributed by atoms with Crippen LogP contribution in [0.15, 0.2) is 11.6 Å². The van der Waals surface area contributed by atoms with Crippen molar-refractivity contribution in [3.8, 4) is 0 Å². The average molecular weight is 302 g/mol. The lowest BCUT2D eigenvalue weighted by Crippen LogP contribution is -2.59. The molecule has 0 amide bonds. The fourth-order valence-electron chi connectivity index (χ4n) is 7.18. The van der Waals surface area contributed by atoms with Crippen LogP contribution in [-0.4, -0.2) is 12.1 Å². The van der Waals surface area contributed by atoms with Gasteiger partial charge in [0.05, 0.1) is 0 Å². The highest BCUT2D eigenvalue weighted by Crippen LogP contribution is 2.68. The first-order valence-corrected chi connectivity index (χ1v) is 9.18. The highest BCUT2D eigenvalue weighted by molar-refractivity contribution is 5.86. The summed E-state index contributed by atoms with van der Waals surface area (Å²) in [7, 11) is 0. The summed E-state index contributed by atoms with van der Waals surface area (Å²) in [4.78, 5) is 11.8. The highest BCUT2D eigenvalue weighted by Gasteiger charge is 2.63. The standard InChI is InChI=1S/C20H30O2/c1-18(2)9-5-10-19(3)14(18)8-11-20(4)15(19)7-6-13-12-16(21)22-17(13)20/h12,14-15,17H,5-11H2,1-4H3/t14-,15+,17+,19-,20+/m0/s1. The van der Waals surface area contributed by atoms with E-state index < -0.39 is 0 Å². The number of ether oxygens (including phenoxy) is 1. The predicted octanol–water partition coefficient (Wildman–Crippen LogP) is 4.88. The molecule has 4 rings (SSSR count). The Hall–Kier alpha value is -0.790. The first-order valence-electron chi connectivity index (χ1n) is 9.18. The fourth-order valence-corrected chi connectivity index (χ4v) is 7.18.